The number of rotatable bonds is 5. The molecule has 1 aliphatic rings. The van der Waals surface area contributed by atoms with Gasteiger partial charge in [0.05, 0.1) is 11.9 Å². The second-order valence-corrected chi connectivity index (χ2v) is 6.99. The Morgan fingerprint density at radius 1 is 1.14 bits per heavy atom. The molecule has 5 rings (SSSR count). The van der Waals surface area contributed by atoms with Crippen molar-refractivity contribution < 1.29 is 4.39 Å². The first kappa shape index (κ1) is 16.8. The standard InChI is InChI=1S/C21H19FN6/c1-23-19-16(13-8-9-13)11-25-20(26-19)18-15-6-4-10-24-21(15)28(27-18)12-14-5-2-3-7-17(14)22/h2-7,10-11,13H,8-9,12H2,1H3,(H,23,25,26). The summed E-state index contributed by atoms with van der Waals surface area (Å²) in [4.78, 5) is 13.7. The summed E-state index contributed by atoms with van der Waals surface area (Å²) in [5, 5.41) is 8.72. The predicted molar refractivity (Wildman–Crippen MR) is 106 cm³/mol. The zero-order chi connectivity index (χ0) is 19.1. The SMILES string of the molecule is CNc1nc(-c2nn(Cc3ccccc3F)c3ncccc23)ncc1C1CC1. The third-order valence-corrected chi connectivity index (χ3v) is 5.07. The third kappa shape index (κ3) is 2.89. The van der Waals surface area contributed by atoms with Crippen molar-refractivity contribution in [3.05, 3.63) is 65.7 Å². The van der Waals surface area contributed by atoms with Crippen molar-refractivity contribution >= 4 is 16.9 Å². The minimum absolute atomic E-state index is 0.258. The molecular weight excluding hydrogens is 355 g/mol. The first-order chi connectivity index (χ1) is 13.7. The molecule has 1 aliphatic carbocycles. The molecule has 1 N–H and O–H groups in total. The molecule has 1 fully saturated rings. The summed E-state index contributed by atoms with van der Waals surface area (Å²) < 4.78 is 15.8. The van der Waals surface area contributed by atoms with Crippen LogP contribution in [0.1, 0.15) is 29.9 Å². The lowest BCUT2D eigenvalue weighted by Crippen LogP contribution is -2.05. The highest BCUT2D eigenvalue weighted by Gasteiger charge is 2.28. The van der Waals surface area contributed by atoms with Gasteiger partial charge >= 0.3 is 0 Å². The Kier molecular flexibility index (Phi) is 4.00. The Hall–Kier alpha value is -3.35. The summed E-state index contributed by atoms with van der Waals surface area (Å²) in [5.74, 6) is 1.67. The van der Waals surface area contributed by atoms with Crippen LogP contribution in [0.2, 0.25) is 0 Å². The van der Waals surface area contributed by atoms with Crippen molar-refractivity contribution in [2.45, 2.75) is 25.3 Å². The quantitative estimate of drug-likeness (QED) is 0.572. The largest absolute Gasteiger partial charge is 0.373 e. The number of fused-ring (bicyclic) bond motifs is 1. The average Bonchev–Trinajstić information content (AvgIpc) is 3.51. The number of halogens is 1. The number of anilines is 1. The van der Waals surface area contributed by atoms with E-state index in [2.05, 4.69) is 15.3 Å². The molecule has 0 saturated heterocycles. The molecule has 0 radical (unpaired) electrons. The first-order valence-corrected chi connectivity index (χ1v) is 9.34. The van der Waals surface area contributed by atoms with Crippen LogP contribution in [0, 0.1) is 5.82 Å². The van der Waals surface area contributed by atoms with Crippen molar-refractivity contribution in [1.29, 1.82) is 0 Å². The van der Waals surface area contributed by atoms with E-state index in [1.54, 1.807) is 23.0 Å². The van der Waals surface area contributed by atoms with E-state index in [-0.39, 0.29) is 5.82 Å². The van der Waals surface area contributed by atoms with Crippen LogP contribution in [0.5, 0.6) is 0 Å². The van der Waals surface area contributed by atoms with E-state index in [0.29, 0.717) is 35.2 Å². The van der Waals surface area contributed by atoms with Gasteiger partial charge in [0, 0.05) is 30.6 Å². The van der Waals surface area contributed by atoms with Crippen LogP contribution >= 0.6 is 0 Å². The van der Waals surface area contributed by atoms with Gasteiger partial charge in [-0.3, -0.25) is 0 Å². The number of nitrogens with one attached hydrogen (secondary N) is 1. The molecule has 3 heterocycles. The summed E-state index contributed by atoms with van der Waals surface area (Å²) in [5.41, 5.74) is 3.05. The highest BCUT2D eigenvalue weighted by atomic mass is 19.1. The van der Waals surface area contributed by atoms with Crippen LogP contribution in [0.4, 0.5) is 10.2 Å². The molecule has 7 heteroatoms. The predicted octanol–water partition coefficient (Wildman–Crippen LogP) is 3.99. The fraction of sp³-hybridized carbons (Fsp3) is 0.238. The van der Waals surface area contributed by atoms with Gasteiger partial charge in [-0.05, 0) is 37.0 Å². The molecule has 1 aromatic carbocycles. The highest BCUT2D eigenvalue weighted by molar-refractivity contribution is 5.89. The van der Waals surface area contributed by atoms with E-state index in [1.807, 2.05) is 31.4 Å². The van der Waals surface area contributed by atoms with Gasteiger partial charge in [0.1, 0.15) is 17.3 Å². The van der Waals surface area contributed by atoms with E-state index in [1.165, 1.54) is 18.9 Å². The van der Waals surface area contributed by atoms with E-state index in [4.69, 9.17) is 10.1 Å². The highest BCUT2D eigenvalue weighted by Crippen LogP contribution is 2.43. The van der Waals surface area contributed by atoms with Crippen LogP contribution in [-0.2, 0) is 6.54 Å². The minimum atomic E-state index is -0.258. The van der Waals surface area contributed by atoms with Crippen LogP contribution in [0.25, 0.3) is 22.6 Å². The molecular formula is C21H19FN6. The zero-order valence-electron chi connectivity index (χ0n) is 15.4. The number of hydrogen-bond donors (Lipinski definition) is 1. The first-order valence-electron chi connectivity index (χ1n) is 9.34. The van der Waals surface area contributed by atoms with E-state index >= 15 is 0 Å². The smallest absolute Gasteiger partial charge is 0.182 e. The van der Waals surface area contributed by atoms with E-state index in [9.17, 15) is 4.39 Å². The van der Waals surface area contributed by atoms with Gasteiger partial charge in [-0.15, -0.1) is 0 Å². The minimum Gasteiger partial charge on any atom is -0.373 e. The van der Waals surface area contributed by atoms with Crippen molar-refractivity contribution in [3.8, 4) is 11.5 Å². The molecule has 6 nitrogen and oxygen atoms in total. The Bertz CT molecular complexity index is 1160. The molecule has 0 aliphatic heterocycles. The Morgan fingerprint density at radius 3 is 2.79 bits per heavy atom. The molecule has 0 atom stereocenters. The van der Waals surface area contributed by atoms with Crippen LogP contribution in [0.3, 0.4) is 0 Å². The molecule has 4 aromatic rings. The molecule has 28 heavy (non-hydrogen) atoms. The molecule has 0 bridgehead atoms. The number of nitrogens with zero attached hydrogens (tertiary/aromatic N) is 5. The van der Waals surface area contributed by atoms with Crippen LogP contribution in [-0.4, -0.2) is 31.8 Å². The van der Waals surface area contributed by atoms with E-state index < -0.39 is 0 Å². The fourth-order valence-electron chi connectivity index (χ4n) is 3.47. The second-order valence-electron chi connectivity index (χ2n) is 6.99. The van der Waals surface area contributed by atoms with Crippen molar-refractivity contribution in [2.75, 3.05) is 12.4 Å². The summed E-state index contributed by atoms with van der Waals surface area (Å²) >= 11 is 0. The monoisotopic (exact) mass is 374 g/mol. The molecule has 1 saturated carbocycles. The van der Waals surface area contributed by atoms with Gasteiger partial charge in [0.15, 0.2) is 11.5 Å². The van der Waals surface area contributed by atoms with Gasteiger partial charge in [0.25, 0.3) is 0 Å². The Labute approximate surface area is 161 Å². The fourth-order valence-corrected chi connectivity index (χ4v) is 3.47. The Balaban J connectivity index is 1.62. The van der Waals surface area contributed by atoms with E-state index in [0.717, 1.165) is 16.8 Å². The molecule has 0 unspecified atom stereocenters. The summed E-state index contributed by atoms with van der Waals surface area (Å²) in [6.45, 7) is 0.291. The molecule has 0 amide bonds. The van der Waals surface area contributed by atoms with Crippen molar-refractivity contribution in [1.82, 2.24) is 24.7 Å². The lowest BCUT2D eigenvalue weighted by molar-refractivity contribution is 0.589. The van der Waals surface area contributed by atoms with Crippen LogP contribution in [0.15, 0.2) is 48.8 Å². The summed E-state index contributed by atoms with van der Waals surface area (Å²) in [7, 11) is 1.87. The third-order valence-electron chi connectivity index (χ3n) is 5.07. The second kappa shape index (κ2) is 6.67. The lowest BCUT2D eigenvalue weighted by atomic mass is 10.2. The number of pyridine rings is 1. The number of aromatic nitrogens is 5. The van der Waals surface area contributed by atoms with Gasteiger partial charge in [-0.25, -0.2) is 24.0 Å². The van der Waals surface area contributed by atoms with Crippen LogP contribution < -0.4 is 5.32 Å². The maximum atomic E-state index is 14.1. The summed E-state index contributed by atoms with van der Waals surface area (Å²) in [6, 6.07) is 10.5. The molecule has 3 aromatic heterocycles. The Morgan fingerprint density at radius 2 is 2.00 bits per heavy atom. The maximum absolute atomic E-state index is 14.1. The average molecular weight is 374 g/mol. The zero-order valence-corrected chi connectivity index (χ0v) is 15.4. The maximum Gasteiger partial charge on any atom is 0.182 e. The number of benzene rings is 1. The van der Waals surface area contributed by atoms with Gasteiger partial charge in [-0.1, -0.05) is 18.2 Å². The normalized spacial score (nSPS) is 13.8. The molecule has 0 spiro atoms. The number of hydrogen-bond acceptors (Lipinski definition) is 5. The van der Waals surface area contributed by atoms with Gasteiger partial charge < -0.3 is 5.32 Å². The molecule has 140 valence electrons. The topological polar surface area (TPSA) is 68.5 Å². The van der Waals surface area contributed by atoms with Gasteiger partial charge in [-0.2, -0.15) is 5.10 Å². The van der Waals surface area contributed by atoms with Crippen molar-refractivity contribution in [2.24, 2.45) is 0 Å². The summed E-state index contributed by atoms with van der Waals surface area (Å²) in [6.07, 6.45) is 5.97. The lowest BCUT2D eigenvalue weighted by Gasteiger charge is -2.08. The van der Waals surface area contributed by atoms with Gasteiger partial charge in [0.2, 0.25) is 0 Å². The van der Waals surface area contributed by atoms with Crippen molar-refractivity contribution in [3.63, 3.8) is 0 Å².